The molecule has 1 aromatic carbocycles. The molecule has 2 fully saturated rings. The van der Waals surface area contributed by atoms with Gasteiger partial charge in [0.15, 0.2) is 0 Å². The Hall–Kier alpha value is -1.40. The highest BCUT2D eigenvalue weighted by atomic mass is 79.9. The molecule has 0 bridgehead atoms. The molecule has 124 valence electrons. The van der Waals surface area contributed by atoms with Crippen molar-refractivity contribution in [1.29, 1.82) is 0 Å². The lowest BCUT2D eigenvalue weighted by Crippen LogP contribution is -2.41. The van der Waals surface area contributed by atoms with Crippen molar-refractivity contribution in [2.45, 2.75) is 25.3 Å². The van der Waals surface area contributed by atoms with Crippen molar-refractivity contribution in [3.8, 4) is 0 Å². The molecule has 0 unspecified atom stereocenters. The summed E-state index contributed by atoms with van der Waals surface area (Å²) in [4.78, 5) is 28.2. The van der Waals surface area contributed by atoms with E-state index in [4.69, 9.17) is 5.11 Å². The fraction of sp³-hybridized carbons (Fsp3) is 0.529. The molecular weight excluding hydrogens is 360 g/mol. The third kappa shape index (κ3) is 3.58. The number of nitrogens with zero attached hydrogens (tertiary/aromatic N) is 2. The molecule has 1 N–H and O–H groups in total. The summed E-state index contributed by atoms with van der Waals surface area (Å²) in [6, 6.07) is 7.57. The Morgan fingerprint density at radius 3 is 2.57 bits per heavy atom. The van der Waals surface area contributed by atoms with E-state index in [1.807, 2.05) is 24.3 Å². The zero-order chi connectivity index (χ0) is 16.4. The van der Waals surface area contributed by atoms with Gasteiger partial charge in [-0.1, -0.05) is 28.1 Å². The minimum absolute atomic E-state index is 0.0359. The van der Waals surface area contributed by atoms with Crippen LogP contribution in [0.1, 0.15) is 30.9 Å². The summed E-state index contributed by atoms with van der Waals surface area (Å²) >= 11 is 3.48. The quantitative estimate of drug-likeness (QED) is 0.871. The second-order valence-corrected chi connectivity index (χ2v) is 7.22. The highest BCUT2D eigenvalue weighted by molar-refractivity contribution is 9.10. The lowest BCUT2D eigenvalue weighted by Gasteiger charge is -2.30. The molecule has 0 spiro atoms. The molecule has 1 amide bonds. The Morgan fingerprint density at radius 1 is 1.22 bits per heavy atom. The lowest BCUT2D eigenvalue weighted by atomic mass is 10.0. The molecule has 3 rings (SSSR count). The van der Waals surface area contributed by atoms with Crippen LogP contribution in [0.2, 0.25) is 0 Å². The number of hydrogen-bond donors (Lipinski definition) is 1. The number of carboxylic acid groups (broad SMARTS) is 1. The summed E-state index contributed by atoms with van der Waals surface area (Å²) in [6.45, 7) is 2.69. The summed E-state index contributed by atoms with van der Waals surface area (Å²) in [6.07, 6.45) is 2.76. The minimum Gasteiger partial charge on any atom is -0.481 e. The van der Waals surface area contributed by atoms with E-state index in [0.29, 0.717) is 19.5 Å². The van der Waals surface area contributed by atoms with Crippen LogP contribution in [0.15, 0.2) is 28.7 Å². The van der Waals surface area contributed by atoms with Crippen LogP contribution in [0, 0.1) is 5.92 Å². The average molecular weight is 381 g/mol. The molecule has 2 saturated heterocycles. The Bertz CT molecular complexity index is 601. The van der Waals surface area contributed by atoms with E-state index >= 15 is 0 Å². The monoisotopic (exact) mass is 380 g/mol. The Balaban J connectivity index is 1.83. The summed E-state index contributed by atoms with van der Waals surface area (Å²) < 4.78 is 0.955. The van der Waals surface area contributed by atoms with Crippen LogP contribution in [-0.4, -0.2) is 53.0 Å². The molecule has 6 heteroatoms. The number of rotatable bonds is 4. The first kappa shape index (κ1) is 16.5. The van der Waals surface area contributed by atoms with E-state index in [2.05, 4.69) is 20.8 Å². The van der Waals surface area contributed by atoms with E-state index < -0.39 is 11.9 Å². The van der Waals surface area contributed by atoms with Crippen molar-refractivity contribution >= 4 is 27.8 Å². The highest BCUT2D eigenvalue weighted by Gasteiger charge is 2.37. The fourth-order valence-corrected chi connectivity index (χ4v) is 3.94. The number of carbonyl (C=O) groups excluding carboxylic acids is 1. The first-order valence-corrected chi connectivity index (χ1v) is 8.86. The molecule has 2 aliphatic heterocycles. The smallest absolute Gasteiger partial charge is 0.308 e. The van der Waals surface area contributed by atoms with Crippen LogP contribution in [-0.2, 0) is 9.59 Å². The van der Waals surface area contributed by atoms with Crippen molar-refractivity contribution in [3.63, 3.8) is 0 Å². The summed E-state index contributed by atoms with van der Waals surface area (Å²) in [5.41, 5.74) is 0.977. The molecule has 0 saturated carbocycles. The molecule has 23 heavy (non-hydrogen) atoms. The molecule has 2 aliphatic rings. The molecule has 2 heterocycles. The molecule has 0 aliphatic carbocycles. The Labute approximate surface area is 144 Å². The van der Waals surface area contributed by atoms with Gasteiger partial charge in [-0.15, -0.1) is 0 Å². The van der Waals surface area contributed by atoms with E-state index in [-0.39, 0.29) is 11.9 Å². The number of halogens is 1. The Kier molecular flexibility index (Phi) is 5.02. The van der Waals surface area contributed by atoms with Crippen molar-refractivity contribution in [3.05, 3.63) is 34.3 Å². The molecule has 0 aromatic heterocycles. The number of benzene rings is 1. The largest absolute Gasteiger partial charge is 0.481 e. The fourth-order valence-electron chi connectivity index (χ4n) is 3.52. The van der Waals surface area contributed by atoms with Crippen LogP contribution in [0.5, 0.6) is 0 Å². The van der Waals surface area contributed by atoms with Gasteiger partial charge in [-0.3, -0.25) is 14.5 Å². The van der Waals surface area contributed by atoms with Gasteiger partial charge in [0.25, 0.3) is 0 Å². The van der Waals surface area contributed by atoms with Gasteiger partial charge in [0.1, 0.15) is 6.04 Å². The number of hydrogen-bond acceptors (Lipinski definition) is 3. The number of carbonyl (C=O) groups is 2. The second-order valence-electron chi connectivity index (χ2n) is 6.31. The third-order valence-electron chi connectivity index (χ3n) is 4.75. The maximum atomic E-state index is 13.1. The zero-order valence-electron chi connectivity index (χ0n) is 12.9. The topological polar surface area (TPSA) is 60.9 Å². The van der Waals surface area contributed by atoms with Crippen molar-refractivity contribution in [1.82, 2.24) is 9.80 Å². The Morgan fingerprint density at radius 2 is 1.96 bits per heavy atom. The van der Waals surface area contributed by atoms with Crippen molar-refractivity contribution < 1.29 is 14.7 Å². The number of carboxylic acids is 1. The second kappa shape index (κ2) is 7.01. The van der Waals surface area contributed by atoms with Crippen LogP contribution in [0.4, 0.5) is 0 Å². The number of amides is 1. The maximum absolute atomic E-state index is 13.1. The van der Waals surface area contributed by atoms with E-state index in [1.165, 1.54) is 0 Å². The standard InChI is InChI=1S/C17H21BrN2O3/c18-14-5-3-4-12(10-14)15(19-7-1-2-8-19)16(21)20-9-6-13(11-20)17(22)23/h3-5,10,13,15H,1-2,6-9,11H2,(H,22,23)/t13-,15+/m1/s1. The van der Waals surface area contributed by atoms with E-state index in [9.17, 15) is 9.59 Å². The maximum Gasteiger partial charge on any atom is 0.308 e. The predicted molar refractivity (Wildman–Crippen MR) is 90.0 cm³/mol. The third-order valence-corrected chi connectivity index (χ3v) is 5.25. The predicted octanol–water partition coefficient (Wildman–Crippen LogP) is 2.52. The SMILES string of the molecule is O=C(O)[C@@H]1CCN(C(=O)[C@H](c2cccc(Br)c2)N2CCCC2)C1. The molecule has 1 aromatic rings. The van der Waals surface area contributed by atoms with Gasteiger partial charge in [-0.2, -0.15) is 0 Å². The summed E-state index contributed by atoms with van der Waals surface area (Å²) in [7, 11) is 0. The molecule has 2 atom stereocenters. The average Bonchev–Trinajstić information content (AvgIpc) is 3.19. The summed E-state index contributed by atoms with van der Waals surface area (Å²) in [5.74, 6) is -1.20. The zero-order valence-corrected chi connectivity index (χ0v) is 14.5. The van der Waals surface area contributed by atoms with Gasteiger partial charge >= 0.3 is 5.97 Å². The molecule has 0 radical (unpaired) electrons. The van der Waals surface area contributed by atoms with Gasteiger partial charge in [0.05, 0.1) is 5.92 Å². The van der Waals surface area contributed by atoms with Gasteiger partial charge in [-0.05, 0) is 50.0 Å². The first-order valence-electron chi connectivity index (χ1n) is 8.07. The highest BCUT2D eigenvalue weighted by Crippen LogP contribution is 2.30. The minimum atomic E-state index is -0.805. The normalized spacial score (nSPS) is 23.2. The van der Waals surface area contributed by atoms with Crippen LogP contribution in [0.3, 0.4) is 0 Å². The van der Waals surface area contributed by atoms with Crippen LogP contribution >= 0.6 is 15.9 Å². The van der Waals surface area contributed by atoms with Crippen LogP contribution in [0.25, 0.3) is 0 Å². The van der Waals surface area contributed by atoms with Crippen molar-refractivity contribution in [2.24, 2.45) is 5.92 Å². The molecule has 5 nitrogen and oxygen atoms in total. The van der Waals surface area contributed by atoms with E-state index in [0.717, 1.165) is 36.0 Å². The van der Waals surface area contributed by atoms with Gasteiger partial charge in [-0.25, -0.2) is 0 Å². The van der Waals surface area contributed by atoms with Gasteiger partial charge in [0.2, 0.25) is 5.91 Å². The summed E-state index contributed by atoms with van der Waals surface area (Å²) in [5, 5.41) is 9.16. The number of aliphatic carboxylic acids is 1. The lowest BCUT2D eigenvalue weighted by molar-refractivity contribution is -0.141. The van der Waals surface area contributed by atoms with Crippen molar-refractivity contribution in [2.75, 3.05) is 26.2 Å². The van der Waals surface area contributed by atoms with Crippen LogP contribution < -0.4 is 0 Å². The number of likely N-dealkylation sites (tertiary alicyclic amines) is 2. The van der Waals surface area contributed by atoms with E-state index in [1.54, 1.807) is 4.90 Å². The molecular formula is C17H21BrN2O3. The van der Waals surface area contributed by atoms with Gasteiger partial charge in [0, 0.05) is 17.6 Å². The first-order chi connectivity index (χ1) is 11.1. The van der Waals surface area contributed by atoms with Gasteiger partial charge < -0.3 is 10.0 Å².